The third kappa shape index (κ3) is 85.8. The van der Waals surface area contributed by atoms with Crippen molar-refractivity contribution < 1.29 is 56.2 Å². The second-order valence-corrected chi connectivity index (χ2v) is 10.3. The van der Waals surface area contributed by atoms with Gasteiger partial charge >= 0.3 is 0 Å². The molecule has 11 N–H and O–H groups in total. The van der Waals surface area contributed by atoms with Crippen molar-refractivity contribution in [3.8, 4) is 0 Å². The van der Waals surface area contributed by atoms with Crippen molar-refractivity contribution in [2.75, 3.05) is 19.8 Å². The summed E-state index contributed by atoms with van der Waals surface area (Å²) in [5.74, 6) is 0.0972. The second kappa shape index (κ2) is 41.1. The maximum Gasteiger partial charge on any atom is 0.177 e. The third-order valence-electron chi connectivity index (χ3n) is 3.56. The van der Waals surface area contributed by atoms with Crippen molar-refractivity contribution >= 4 is 37.9 Å². The highest BCUT2D eigenvalue weighted by Gasteiger charge is 2.02. The zero-order valence-corrected chi connectivity index (χ0v) is 25.9. The van der Waals surface area contributed by atoms with Crippen molar-refractivity contribution in [2.24, 2.45) is 5.92 Å². The minimum absolute atomic E-state index is 0.0972. The Labute approximate surface area is 240 Å². The SMILES string of the molecule is CC(O)C(O)O.CC(O)CCC(O)O.CC(O)O.CC(S)C(S)S.CCC(CO)CO.CCCCCO. The maximum atomic E-state index is 8.58. The molecule has 0 amide bonds. The molecule has 11 nitrogen and oxygen atoms in total. The summed E-state index contributed by atoms with van der Waals surface area (Å²) in [6, 6.07) is 0. The van der Waals surface area contributed by atoms with Crippen LogP contribution in [0.3, 0.4) is 0 Å². The lowest BCUT2D eigenvalue weighted by Crippen LogP contribution is -2.20. The van der Waals surface area contributed by atoms with Gasteiger partial charge in [-0.15, -0.1) is 0 Å². The van der Waals surface area contributed by atoms with Crippen LogP contribution in [-0.4, -0.2) is 117 Å². The summed E-state index contributed by atoms with van der Waals surface area (Å²) in [6.45, 7) is 10.8. The molecule has 3 unspecified atom stereocenters. The van der Waals surface area contributed by atoms with E-state index in [-0.39, 0.29) is 35.4 Å². The van der Waals surface area contributed by atoms with E-state index in [1.807, 2.05) is 13.8 Å². The summed E-state index contributed by atoms with van der Waals surface area (Å²) >= 11 is 12.0. The highest BCUT2D eigenvalue weighted by atomic mass is 32.2. The van der Waals surface area contributed by atoms with Gasteiger partial charge in [-0.1, -0.05) is 33.6 Å². The van der Waals surface area contributed by atoms with Crippen molar-refractivity contribution in [2.45, 2.75) is 121 Å². The maximum absolute atomic E-state index is 8.58. The van der Waals surface area contributed by atoms with Gasteiger partial charge in [-0.25, -0.2) is 0 Å². The van der Waals surface area contributed by atoms with Gasteiger partial charge in [-0.2, -0.15) is 37.9 Å². The van der Waals surface area contributed by atoms with Gasteiger partial charge in [-0.05, 0) is 40.0 Å². The lowest BCUT2D eigenvalue weighted by atomic mass is 10.1. The predicted molar refractivity (Wildman–Crippen MR) is 158 cm³/mol. The highest BCUT2D eigenvalue weighted by molar-refractivity contribution is 8.00. The van der Waals surface area contributed by atoms with Crippen LogP contribution in [0.25, 0.3) is 0 Å². The molecule has 0 aliphatic carbocycles. The topological polar surface area (TPSA) is 223 Å². The fourth-order valence-electron chi connectivity index (χ4n) is 1.07. The molecule has 0 bridgehead atoms. The average Bonchev–Trinajstić information content (AvgIpc) is 2.78. The molecular weight excluding hydrogens is 548 g/mol. The lowest BCUT2D eigenvalue weighted by Gasteiger charge is -2.03. The second-order valence-electron chi connectivity index (χ2n) is 7.92. The van der Waals surface area contributed by atoms with E-state index >= 15 is 0 Å². The van der Waals surface area contributed by atoms with Crippen LogP contribution in [0.15, 0.2) is 0 Å². The fraction of sp³-hybridized carbons (Fsp3) is 1.00. The standard InChI is InChI=1S/C5H12O3.C5H12O2.C5H12O.C3H8O3.C3H8S3.C2H6O2/c1-4(6)2-3-5(7)8;1-2-5(3-6)4-7;1-2-3-4-5-6;2*1-2(4)3(5)6;1-2(3)4/h4-8H,2-3H2,1H3;5-7H,2-4H2,1H3;6H,2-5H2,1H3;2*2-6H,1H3;2-4H,1H3. The number of thiol groups is 3. The molecule has 0 aromatic carbocycles. The van der Waals surface area contributed by atoms with Crippen LogP contribution in [0.1, 0.15) is 80.1 Å². The van der Waals surface area contributed by atoms with E-state index in [1.54, 1.807) is 6.92 Å². The Morgan fingerprint density at radius 3 is 1.05 bits per heavy atom. The van der Waals surface area contributed by atoms with Crippen LogP contribution in [0.4, 0.5) is 0 Å². The summed E-state index contributed by atoms with van der Waals surface area (Å²) in [6.07, 6.45) is -0.632. The Hall–Kier alpha value is 0.610. The molecule has 0 saturated heterocycles. The fourth-order valence-corrected chi connectivity index (χ4v) is 1.07. The molecule has 14 heteroatoms. The molecule has 37 heavy (non-hydrogen) atoms. The van der Waals surface area contributed by atoms with E-state index in [0.29, 0.717) is 13.0 Å². The van der Waals surface area contributed by atoms with E-state index in [4.69, 9.17) is 56.2 Å². The van der Waals surface area contributed by atoms with Crippen LogP contribution in [0, 0.1) is 5.92 Å². The van der Waals surface area contributed by atoms with Gasteiger partial charge in [0.05, 0.1) is 10.7 Å². The summed E-state index contributed by atoms with van der Waals surface area (Å²) in [7, 11) is 0. The van der Waals surface area contributed by atoms with Crippen molar-refractivity contribution in [3.63, 3.8) is 0 Å². The van der Waals surface area contributed by atoms with Crippen molar-refractivity contribution in [1.29, 1.82) is 0 Å². The van der Waals surface area contributed by atoms with Gasteiger partial charge in [0.15, 0.2) is 12.6 Å². The Kier molecular flexibility index (Phi) is 56.0. The number of hydrogen-bond acceptors (Lipinski definition) is 14. The largest absolute Gasteiger partial charge is 0.396 e. The molecule has 0 saturated carbocycles. The van der Waals surface area contributed by atoms with E-state index in [9.17, 15) is 0 Å². The van der Waals surface area contributed by atoms with Gasteiger partial charge in [0.1, 0.15) is 12.4 Å². The molecule has 0 aromatic rings. The Morgan fingerprint density at radius 1 is 0.649 bits per heavy atom. The van der Waals surface area contributed by atoms with Gasteiger partial charge < -0.3 is 56.2 Å². The third-order valence-corrected chi connectivity index (χ3v) is 5.22. The quantitative estimate of drug-likeness (QED) is 0.0859. The van der Waals surface area contributed by atoms with Crippen LogP contribution < -0.4 is 0 Å². The normalized spacial score (nSPS) is 12.6. The van der Waals surface area contributed by atoms with Gasteiger partial charge in [-0.3, -0.25) is 0 Å². The molecule has 3 atom stereocenters. The molecule has 0 fully saturated rings. The van der Waals surface area contributed by atoms with Crippen LogP contribution in [-0.2, 0) is 0 Å². The summed E-state index contributed by atoms with van der Waals surface area (Å²) in [4.78, 5) is 0. The van der Waals surface area contributed by atoms with E-state index in [0.717, 1.165) is 19.3 Å². The lowest BCUT2D eigenvalue weighted by molar-refractivity contribution is -0.114. The molecule has 0 rings (SSSR count). The minimum atomic E-state index is -1.59. The summed E-state index contributed by atoms with van der Waals surface area (Å²) in [5.41, 5.74) is 0. The molecule has 0 spiro atoms. The first-order chi connectivity index (χ1) is 16.9. The monoisotopic (exact) mass is 606 g/mol. The Morgan fingerprint density at radius 2 is 1.00 bits per heavy atom. The average molecular weight is 607 g/mol. The molecular formula is C23H58O11S3. The van der Waals surface area contributed by atoms with Crippen LogP contribution in [0.5, 0.6) is 0 Å². The molecule has 0 aliphatic rings. The van der Waals surface area contributed by atoms with Crippen molar-refractivity contribution in [3.05, 3.63) is 0 Å². The van der Waals surface area contributed by atoms with Crippen molar-refractivity contribution in [1.82, 2.24) is 0 Å². The zero-order chi connectivity index (χ0) is 31.0. The first-order valence-electron chi connectivity index (χ1n) is 12.2. The number of hydrogen-bond donors (Lipinski definition) is 14. The van der Waals surface area contributed by atoms with Gasteiger partial charge in [0.25, 0.3) is 0 Å². The smallest absolute Gasteiger partial charge is 0.177 e. The Balaban J connectivity index is -0.0000000788. The van der Waals surface area contributed by atoms with E-state index < -0.39 is 31.1 Å². The van der Waals surface area contributed by atoms with E-state index in [2.05, 4.69) is 44.8 Å². The van der Waals surface area contributed by atoms with Crippen LogP contribution >= 0.6 is 37.9 Å². The van der Waals surface area contributed by atoms with Gasteiger partial charge in [0, 0.05) is 37.4 Å². The molecule has 0 aromatic heterocycles. The molecule has 0 aliphatic heterocycles. The summed E-state index contributed by atoms with van der Waals surface area (Å²) in [5, 5.41) is 89.5. The minimum Gasteiger partial charge on any atom is -0.396 e. The predicted octanol–water partition coefficient (Wildman–Crippen LogP) is 0.109. The number of rotatable bonds is 11. The number of unbranched alkanes of at least 4 members (excludes halogenated alkanes) is 2. The molecule has 0 radical (unpaired) electrons. The zero-order valence-electron chi connectivity index (χ0n) is 23.2. The number of aliphatic hydroxyl groups excluding tert-OH is 8. The molecule has 0 heterocycles. The summed E-state index contributed by atoms with van der Waals surface area (Å²) < 4.78 is 0.105. The highest BCUT2D eigenvalue weighted by Crippen LogP contribution is 2.10. The number of aliphatic hydroxyl groups is 11. The van der Waals surface area contributed by atoms with E-state index in [1.165, 1.54) is 20.3 Å². The molecule has 234 valence electrons. The first-order valence-corrected chi connectivity index (χ1v) is 13.8. The van der Waals surface area contributed by atoms with Gasteiger partial charge in [0.2, 0.25) is 0 Å². The first kappa shape index (κ1) is 50.4. The Bertz CT molecular complexity index is 317. The van der Waals surface area contributed by atoms with Crippen LogP contribution in [0.2, 0.25) is 0 Å².